The molecule has 0 spiro atoms. The summed E-state index contributed by atoms with van der Waals surface area (Å²) < 4.78 is 0. The van der Waals surface area contributed by atoms with Crippen molar-refractivity contribution in [2.75, 3.05) is 39.3 Å². The first-order valence-electron chi connectivity index (χ1n) is 28.7. The summed E-state index contributed by atoms with van der Waals surface area (Å²) in [6.07, 6.45) is 65.7. The van der Waals surface area contributed by atoms with Gasteiger partial charge in [0, 0.05) is 26.2 Å². The van der Waals surface area contributed by atoms with Crippen LogP contribution in [0.25, 0.3) is 0 Å². The van der Waals surface area contributed by atoms with Crippen molar-refractivity contribution in [1.82, 2.24) is 20.4 Å². The van der Waals surface area contributed by atoms with Crippen LogP contribution in [0.2, 0.25) is 0 Å². The van der Waals surface area contributed by atoms with Crippen LogP contribution in [0.1, 0.15) is 169 Å². The van der Waals surface area contributed by atoms with E-state index in [1.54, 1.807) is 0 Å². The number of allylic oxidation sites excluding steroid dienone is 20. The second-order valence-electron chi connectivity index (χ2n) is 19.4. The van der Waals surface area contributed by atoms with Gasteiger partial charge in [0.15, 0.2) is 0 Å². The van der Waals surface area contributed by atoms with Gasteiger partial charge in [-0.25, -0.2) is 0 Å². The summed E-state index contributed by atoms with van der Waals surface area (Å²) in [6.45, 7) is 11.5. The summed E-state index contributed by atoms with van der Waals surface area (Å²) in [4.78, 5) is 30.8. The molecule has 1 aliphatic heterocycles. The van der Waals surface area contributed by atoms with E-state index < -0.39 is 36.5 Å². The third kappa shape index (κ3) is 40.9. The lowest BCUT2D eigenvalue weighted by Crippen LogP contribution is -2.61. The van der Waals surface area contributed by atoms with Gasteiger partial charge < -0.3 is 31.1 Å². The lowest BCUT2D eigenvalue weighted by Gasteiger charge is -2.31. The van der Waals surface area contributed by atoms with Gasteiger partial charge in [0.2, 0.25) is 11.8 Å². The first-order chi connectivity index (χ1) is 36.1. The Morgan fingerprint density at radius 2 is 0.568 bits per heavy atom. The molecular formula is C64H104N4O6. The number of amides is 2. The van der Waals surface area contributed by atoms with Crippen molar-refractivity contribution in [3.05, 3.63) is 146 Å². The van der Waals surface area contributed by atoms with Crippen LogP contribution in [0.3, 0.4) is 0 Å². The van der Waals surface area contributed by atoms with Crippen molar-refractivity contribution in [1.29, 1.82) is 0 Å². The second kappa shape index (κ2) is 49.5. The van der Waals surface area contributed by atoms with Crippen LogP contribution < -0.4 is 10.6 Å². The van der Waals surface area contributed by atoms with Gasteiger partial charge in [-0.3, -0.25) is 19.4 Å². The Labute approximate surface area is 451 Å². The number of unbranched alkanes of at least 4 members (excludes halogenated alkanes) is 2. The molecule has 0 radical (unpaired) electrons. The average molecular weight is 1030 g/mol. The molecule has 74 heavy (non-hydrogen) atoms. The average Bonchev–Trinajstić information content (AvgIpc) is 3.37. The molecule has 1 aliphatic rings. The summed E-state index contributed by atoms with van der Waals surface area (Å²) >= 11 is 0. The zero-order valence-electron chi connectivity index (χ0n) is 46.6. The number of nitrogens with one attached hydrogen (secondary N) is 2. The summed E-state index contributed by atoms with van der Waals surface area (Å²) in [6, 6.07) is -1.21. The van der Waals surface area contributed by atoms with Crippen LogP contribution in [0.15, 0.2) is 146 Å². The van der Waals surface area contributed by atoms with E-state index in [2.05, 4.69) is 170 Å². The number of piperazine rings is 1. The lowest BCUT2D eigenvalue weighted by molar-refractivity contribution is -0.137. The molecule has 1 saturated heterocycles. The molecule has 0 aromatic rings. The van der Waals surface area contributed by atoms with Gasteiger partial charge in [-0.05, 0) is 154 Å². The zero-order chi connectivity index (χ0) is 54.0. The third-order valence-electron chi connectivity index (χ3n) is 12.3. The van der Waals surface area contributed by atoms with Crippen LogP contribution in [0.5, 0.6) is 0 Å². The number of carbonyl (C=O) groups is 2. The Kier molecular flexibility index (Phi) is 45.2. The van der Waals surface area contributed by atoms with Crippen molar-refractivity contribution >= 4 is 11.8 Å². The van der Waals surface area contributed by atoms with Crippen LogP contribution in [0, 0.1) is 0 Å². The summed E-state index contributed by atoms with van der Waals surface area (Å²) in [5.41, 5.74) is 0. The monoisotopic (exact) mass is 1020 g/mol. The fourth-order valence-corrected chi connectivity index (χ4v) is 8.30. The Hall–Kier alpha value is -4.42. The number of hydrogen-bond acceptors (Lipinski definition) is 8. The maximum absolute atomic E-state index is 13.3. The van der Waals surface area contributed by atoms with Gasteiger partial charge in [-0.15, -0.1) is 0 Å². The van der Waals surface area contributed by atoms with Gasteiger partial charge >= 0.3 is 0 Å². The Bertz CT molecular complexity index is 1530. The van der Waals surface area contributed by atoms with E-state index in [-0.39, 0.29) is 11.8 Å². The highest BCUT2D eigenvalue weighted by molar-refractivity contribution is 5.96. The van der Waals surface area contributed by atoms with Crippen LogP contribution in [-0.4, -0.2) is 118 Å². The first-order valence-corrected chi connectivity index (χ1v) is 28.7. The third-order valence-corrected chi connectivity index (χ3v) is 12.3. The topological polar surface area (TPSA) is 146 Å². The van der Waals surface area contributed by atoms with Crippen molar-refractivity contribution in [3.8, 4) is 0 Å². The highest BCUT2D eigenvalue weighted by Gasteiger charge is 2.33. The minimum Gasteiger partial charge on any atom is -0.391 e. The number of carbonyl (C=O) groups excluding carboxylic acids is 2. The van der Waals surface area contributed by atoms with Gasteiger partial charge in [-0.2, -0.15) is 0 Å². The van der Waals surface area contributed by atoms with Crippen molar-refractivity contribution < 1.29 is 30.0 Å². The molecule has 1 rings (SSSR count). The maximum Gasteiger partial charge on any atom is 0.243 e. The first kappa shape index (κ1) is 67.6. The van der Waals surface area contributed by atoms with E-state index in [1.165, 1.54) is 0 Å². The molecule has 10 nitrogen and oxygen atoms in total. The van der Waals surface area contributed by atoms with Crippen molar-refractivity contribution in [2.45, 2.75) is 205 Å². The smallest absolute Gasteiger partial charge is 0.243 e. The Morgan fingerprint density at radius 1 is 0.351 bits per heavy atom. The van der Waals surface area contributed by atoms with Crippen LogP contribution in [0.4, 0.5) is 0 Å². The molecule has 0 aliphatic carbocycles. The molecule has 0 aromatic heterocycles. The molecule has 6 N–H and O–H groups in total. The van der Waals surface area contributed by atoms with E-state index >= 15 is 0 Å². The number of nitrogens with zero attached hydrogens (tertiary/aromatic N) is 2. The highest BCUT2D eigenvalue weighted by Crippen LogP contribution is 2.14. The van der Waals surface area contributed by atoms with Gasteiger partial charge in [0.05, 0.1) is 24.4 Å². The summed E-state index contributed by atoms with van der Waals surface area (Å²) in [5.74, 6) is -0.339. The van der Waals surface area contributed by atoms with Crippen molar-refractivity contribution in [2.24, 2.45) is 0 Å². The largest absolute Gasteiger partial charge is 0.391 e. The fraction of sp³-hybridized carbons (Fsp3) is 0.594. The lowest BCUT2D eigenvalue weighted by atomic mass is 10.0. The molecule has 6 atom stereocenters. The van der Waals surface area contributed by atoms with Gasteiger partial charge in [-0.1, -0.05) is 174 Å². The predicted molar refractivity (Wildman–Crippen MR) is 315 cm³/mol. The van der Waals surface area contributed by atoms with Crippen LogP contribution >= 0.6 is 0 Å². The second-order valence-corrected chi connectivity index (χ2v) is 19.4. The van der Waals surface area contributed by atoms with E-state index in [4.69, 9.17) is 0 Å². The number of hydrogen-bond donors (Lipinski definition) is 6. The number of aliphatic hydroxyl groups is 4. The highest BCUT2D eigenvalue weighted by atomic mass is 16.3. The molecular weight excluding hydrogens is 921 g/mol. The molecule has 1 fully saturated rings. The minimum absolute atomic E-state index is 0.169. The quantitative estimate of drug-likeness (QED) is 0.0261. The number of rotatable bonds is 46. The molecule has 2 amide bonds. The predicted octanol–water partition coefficient (Wildman–Crippen LogP) is 12.4. The fourth-order valence-electron chi connectivity index (χ4n) is 8.30. The van der Waals surface area contributed by atoms with E-state index in [0.717, 1.165) is 89.9 Å². The van der Waals surface area contributed by atoms with Gasteiger partial charge in [0.25, 0.3) is 0 Å². The summed E-state index contributed by atoms with van der Waals surface area (Å²) in [7, 11) is 0. The normalized spacial score (nSPS) is 18.1. The molecule has 416 valence electrons. The Morgan fingerprint density at radius 3 is 0.797 bits per heavy atom. The van der Waals surface area contributed by atoms with Gasteiger partial charge in [0.1, 0.15) is 12.1 Å². The minimum atomic E-state index is -0.605. The standard InChI is InChI=1S/C64H104N4O6/c1-5-9-13-17-21-25-29-33-37-45-57(69)53-67(54-58(70)46-38-34-30-26-22-18-14-10-6-2)51-43-41-49-61-63(73)66-62(64(74)65-61)50-42-44-52-68(55-59(71)47-39-35-31-27-23-19-15-11-7-3)56-60(72)48-40-36-32-28-24-20-16-12-8-4/h9-16,21-28,33-40,57-62,69-72H,5-8,17-20,29-32,41-56H2,1-4H3,(H,65,74)(H,66,73)/b13-9-,14-10?,15-11-,16-12?,25-21-,26-22?,27-23-,28-24?,37-33-,38-34?,39-35-,40-36?. The van der Waals surface area contributed by atoms with E-state index in [0.29, 0.717) is 90.6 Å². The molecule has 10 heteroatoms. The van der Waals surface area contributed by atoms with Crippen molar-refractivity contribution in [3.63, 3.8) is 0 Å². The molecule has 6 unspecified atom stereocenters. The Balaban J connectivity index is 2.75. The zero-order valence-corrected chi connectivity index (χ0v) is 46.6. The van der Waals surface area contributed by atoms with E-state index in [1.807, 2.05) is 24.3 Å². The maximum atomic E-state index is 13.3. The van der Waals surface area contributed by atoms with E-state index in [9.17, 15) is 30.0 Å². The summed E-state index contributed by atoms with van der Waals surface area (Å²) in [5, 5.41) is 49.9. The molecule has 1 heterocycles. The molecule has 0 bridgehead atoms. The number of aliphatic hydroxyl groups excluding tert-OH is 4. The molecule has 0 saturated carbocycles. The SMILES string of the molecule is CCC=CCC=CCC=CCC(O)CN(CCCCC1NC(=O)C(CCCCN(CC(O)CC=CCC=CCC=CCC)CC(O)C/C=C\C/C=C\C/C=C\CC)NC1=O)CC(O)C/C=C\C/C=C\C/C=C\CC. The van der Waals surface area contributed by atoms with Crippen LogP contribution in [-0.2, 0) is 9.59 Å². The molecule has 0 aromatic carbocycles.